The number of ether oxygens (including phenoxy) is 3. The molecule has 4 rings (SSSR count). The van der Waals surface area contributed by atoms with Gasteiger partial charge in [-0.05, 0) is 48.4 Å². The SMILES string of the molecule is CCCOc1cccc(NC2=C(c3ccc(OC)cc3)C(=O)N(c3ccccc3OC)C2=O)c1. The molecular formula is C27H26N2O5. The zero-order valence-electron chi connectivity index (χ0n) is 19.3. The lowest BCUT2D eigenvalue weighted by Gasteiger charge is -2.18. The number of hydrogen-bond acceptors (Lipinski definition) is 6. The van der Waals surface area contributed by atoms with Crippen LogP contribution in [0.15, 0.2) is 78.5 Å². The number of methoxy groups -OCH3 is 2. The number of nitrogens with one attached hydrogen (secondary N) is 1. The van der Waals surface area contributed by atoms with E-state index < -0.39 is 11.8 Å². The predicted octanol–water partition coefficient (Wildman–Crippen LogP) is 4.89. The third-order valence-corrected chi connectivity index (χ3v) is 5.36. The highest BCUT2D eigenvalue weighted by molar-refractivity contribution is 6.46. The van der Waals surface area contributed by atoms with E-state index in [1.807, 2.05) is 25.1 Å². The summed E-state index contributed by atoms with van der Waals surface area (Å²) in [6, 6.07) is 21.3. The standard InChI is InChI=1S/C27H26N2O5/c1-4-16-34-21-9-7-8-19(17-21)28-25-24(18-12-14-20(32-2)15-13-18)26(30)29(27(25)31)22-10-5-6-11-23(22)33-3/h5-15,17,28H,4,16H2,1-3H3. The fourth-order valence-electron chi connectivity index (χ4n) is 3.73. The maximum absolute atomic E-state index is 13.6. The molecule has 1 heterocycles. The summed E-state index contributed by atoms with van der Waals surface area (Å²) in [4.78, 5) is 28.4. The molecule has 0 atom stereocenters. The number of nitrogens with zero attached hydrogens (tertiary/aromatic N) is 1. The first-order valence-electron chi connectivity index (χ1n) is 11.0. The summed E-state index contributed by atoms with van der Waals surface area (Å²) in [6.07, 6.45) is 0.880. The second-order valence-electron chi connectivity index (χ2n) is 7.60. The summed E-state index contributed by atoms with van der Waals surface area (Å²) in [5.41, 5.74) is 2.05. The summed E-state index contributed by atoms with van der Waals surface area (Å²) < 4.78 is 16.4. The molecular weight excluding hydrogens is 432 g/mol. The van der Waals surface area contributed by atoms with E-state index in [9.17, 15) is 9.59 Å². The second-order valence-corrected chi connectivity index (χ2v) is 7.60. The molecule has 34 heavy (non-hydrogen) atoms. The van der Waals surface area contributed by atoms with Gasteiger partial charge in [0.25, 0.3) is 11.8 Å². The Bertz CT molecular complexity index is 1230. The van der Waals surface area contributed by atoms with Crippen molar-refractivity contribution in [2.45, 2.75) is 13.3 Å². The van der Waals surface area contributed by atoms with E-state index >= 15 is 0 Å². The number of carbonyl (C=O) groups excluding carboxylic acids is 2. The van der Waals surface area contributed by atoms with Gasteiger partial charge in [-0.1, -0.05) is 37.3 Å². The maximum atomic E-state index is 13.6. The number of anilines is 2. The van der Waals surface area contributed by atoms with Crippen LogP contribution >= 0.6 is 0 Å². The van der Waals surface area contributed by atoms with Crippen molar-refractivity contribution >= 4 is 28.8 Å². The Labute approximate surface area is 198 Å². The highest BCUT2D eigenvalue weighted by Gasteiger charge is 2.41. The van der Waals surface area contributed by atoms with Gasteiger partial charge in [0.1, 0.15) is 22.9 Å². The van der Waals surface area contributed by atoms with E-state index in [1.165, 1.54) is 7.11 Å². The van der Waals surface area contributed by atoms with E-state index in [0.717, 1.165) is 11.3 Å². The zero-order chi connectivity index (χ0) is 24.1. The fraction of sp³-hybridized carbons (Fsp3) is 0.185. The van der Waals surface area contributed by atoms with Gasteiger partial charge in [-0.15, -0.1) is 0 Å². The minimum absolute atomic E-state index is 0.175. The Morgan fingerprint density at radius 1 is 0.824 bits per heavy atom. The van der Waals surface area contributed by atoms with Crippen LogP contribution < -0.4 is 24.4 Å². The fourth-order valence-corrected chi connectivity index (χ4v) is 3.73. The second kappa shape index (κ2) is 10.1. The molecule has 0 aliphatic carbocycles. The number of para-hydroxylation sites is 2. The van der Waals surface area contributed by atoms with Crippen LogP contribution in [-0.2, 0) is 9.59 Å². The molecule has 3 aromatic rings. The molecule has 0 aromatic heterocycles. The number of benzene rings is 3. The van der Waals surface area contributed by atoms with Crippen LogP contribution in [0.5, 0.6) is 17.2 Å². The monoisotopic (exact) mass is 458 g/mol. The minimum Gasteiger partial charge on any atom is -0.497 e. The van der Waals surface area contributed by atoms with Gasteiger partial charge in [0.2, 0.25) is 0 Å². The molecule has 3 aromatic carbocycles. The van der Waals surface area contributed by atoms with Gasteiger partial charge in [-0.25, -0.2) is 4.90 Å². The van der Waals surface area contributed by atoms with Gasteiger partial charge in [-0.3, -0.25) is 9.59 Å². The number of carbonyl (C=O) groups is 2. The van der Waals surface area contributed by atoms with Crippen LogP contribution in [0, 0.1) is 0 Å². The molecule has 0 fully saturated rings. The molecule has 7 heteroatoms. The average molecular weight is 459 g/mol. The van der Waals surface area contributed by atoms with Gasteiger partial charge in [0.05, 0.1) is 32.1 Å². The molecule has 7 nitrogen and oxygen atoms in total. The van der Waals surface area contributed by atoms with Crippen LogP contribution in [0.4, 0.5) is 11.4 Å². The quantitative estimate of drug-likeness (QED) is 0.460. The van der Waals surface area contributed by atoms with E-state index in [4.69, 9.17) is 14.2 Å². The maximum Gasteiger partial charge on any atom is 0.282 e. The summed E-state index contributed by atoms with van der Waals surface area (Å²) in [7, 11) is 3.07. The smallest absolute Gasteiger partial charge is 0.282 e. The van der Waals surface area contributed by atoms with Crippen molar-refractivity contribution in [2.75, 3.05) is 31.0 Å². The van der Waals surface area contributed by atoms with Gasteiger partial charge in [-0.2, -0.15) is 0 Å². The molecule has 174 valence electrons. The van der Waals surface area contributed by atoms with Crippen molar-refractivity contribution < 1.29 is 23.8 Å². The first-order valence-corrected chi connectivity index (χ1v) is 11.0. The Hall–Kier alpha value is -4.26. The molecule has 2 amide bonds. The Kier molecular flexibility index (Phi) is 6.82. The Morgan fingerprint density at radius 2 is 1.59 bits per heavy atom. The predicted molar refractivity (Wildman–Crippen MR) is 131 cm³/mol. The summed E-state index contributed by atoms with van der Waals surface area (Å²) in [5.74, 6) is 0.838. The van der Waals surface area contributed by atoms with Crippen LogP contribution in [0.25, 0.3) is 5.57 Å². The van der Waals surface area contributed by atoms with Crippen molar-refractivity contribution in [1.82, 2.24) is 0 Å². The lowest BCUT2D eigenvalue weighted by molar-refractivity contribution is -0.120. The van der Waals surface area contributed by atoms with Gasteiger partial charge < -0.3 is 19.5 Å². The van der Waals surface area contributed by atoms with Crippen LogP contribution in [-0.4, -0.2) is 32.6 Å². The average Bonchev–Trinajstić information content (AvgIpc) is 3.11. The Morgan fingerprint density at radius 3 is 2.29 bits per heavy atom. The third kappa shape index (κ3) is 4.45. The van der Waals surface area contributed by atoms with Crippen molar-refractivity contribution in [2.24, 2.45) is 0 Å². The van der Waals surface area contributed by atoms with Crippen molar-refractivity contribution in [3.8, 4) is 17.2 Å². The van der Waals surface area contributed by atoms with Crippen molar-refractivity contribution in [1.29, 1.82) is 0 Å². The van der Waals surface area contributed by atoms with Crippen molar-refractivity contribution in [3.63, 3.8) is 0 Å². The lowest BCUT2D eigenvalue weighted by Crippen LogP contribution is -2.32. The van der Waals surface area contributed by atoms with Crippen LogP contribution in [0.1, 0.15) is 18.9 Å². The molecule has 1 aliphatic heterocycles. The van der Waals surface area contributed by atoms with E-state index in [-0.39, 0.29) is 11.3 Å². The number of rotatable bonds is 9. The lowest BCUT2D eigenvalue weighted by atomic mass is 10.0. The summed E-state index contributed by atoms with van der Waals surface area (Å²) in [5, 5.41) is 3.17. The highest BCUT2D eigenvalue weighted by Crippen LogP contribution is 2.38. The van der Waals surface area contributed by atoms with E-state index in [0.29, 0.717) is 40.8 Å². The van der Waals surface area contributed by atoms with Gasteiger partial charge >= 0.3 is 0 Å². The molecule has 0 saturated carbocycles. The highest BCUT2D eigenvalue weighted by atomic mass is 16.5. The minimum atomic E-state index is -0.472. The zero-order valence-corrected chi connectivity index (χ0v) is 19.3. The molecule has 0 spiro atoms. The van der Waals surface area contributed by atoms with E-state index in [1.54, 1.807) is 61.7 Å². The summed E-state index contributed by atoms with van der Waals surface area (Å²) >= 11 is 0. The molecule has 0 unspecified atom stereocenters. The van der Waals surface area contributed by atoms with Crippen LogP contribution in [0.2, 0.25) is 0 Å². The van der Waals surface area contributed by atoms with Crippen LogP contribution in [0.3, 0.4) is 0 Å². The molecule has 1 N–H and O–H groups in total. The third-order valence-electron chi connectivity index (χ3n) is 5.36. The molecule has 1 aliphatic rings. The first-order chi connectivity index (χ1) is 16.6. The van der Waals surface area contributed by atoms with Crippen molar-refractivity contribution in [3.05, 3.63) is 84.1 Å². The first kappa shape index (κ1) is 22.9. The molecule has 0 radical (unpaired) electrons. The normalized spacial score (nSPS) is 13.3. The number of hydrogen-bond donors (Lipinski definition) is 1. The van der Waals surface area contributed by atoms with Gasteiger partial charge in [0, 0.05) is 11.8 Å². The molecule has 0 bridgehead atoms. The summed E-state index contributed by atoms with van der Waals surface area (Å²) in [6.45, 7) is 2.62. The van der Waals surface area contributed by atoms with Gasteiger partial charge in [0.15, 0.2) is 0 Å². The largest absolute Gasteiger partial charge is 0.497 e. The number of imide groups is 1. The Balaban J connectivity index is 1.78. The topological polar surface area (TPSA) is 77.1 Å². The molecule has 0 saturated heterocycles. The number of amides is 2. The van der Waals surface area contributed by atoms with E-state index in [2.05, 4.69) is 5.32 Å².